The molecule has 1 aromatic rings. The van der Waals surface area contributed by atoms with Gasteiger partial charge in [-0.05, 0) is 57.1 Å². The molecule has 2 N–H and O–H groups in total. The molecule has 0 saturated heterocycles. The number of carbonyl (C=O) groups excluding carboxylic acids is 1. The Morgan fingerprint density at radius 3 is 2.44 bits per heavy atom. The number of sulfonamides is 1. The Balaban J connectivity index is 2.01. The Morgan fingerprint density at radius 1 is 1.24 bits per heavy atom. The molecule has 25 heavy (non-hydrogen) atoms. The molecular weight excluding hydrogens is 366 g/mol. The summed E-state index contributed by atoms with van der Waals surface area (Å²) in [5, 5.41) is 3.06. The van der Waals surface area contributed by atoms with Crippen LogP contribution in [-0.4, -0.2) is 40.5 Å². The molecule has 2 rings (SSSR count). The van der Waals surface area contributed by atoms with E-state index >= 15 is 0 Å². The highest BCUT2D eigenvalue weighted by Crippen LogP contribution is 2.34. The maximum atomic E-state index is 12.6. The number of amides is 2. The maximum absolute atomic E-state index is 12.6. The highest BCUT2D eigenvalue weighted by molar-refractivity contribution is 7.90. The molecule has 0 radical (unpaired) electrons. The first-order valence-electron chi connectivity index (χ1n) is 8.16. The molecule has 0 atom stereocenters. The molecule has 1 aliphatic rings. The van der Waals surface area contributed by atoms with Gasteiger partial charge in [-0.25, -0.2) is 17.9 Å². The first-order chi connectivity index (χ1) is 11.6. The van der Waals surface area contributed by atoms with E-state index in [-0.39, 0.29) is 23.5 Å². The van der Waals surface area contributed by atoms with E-state index in [2.05, 4.69) is 5.32 Å². The van der Waals surface area contributed by atoms with Gasteiger partial charge in [0.1, 0.15) is 7.14 Å². The van der Waals surface area contributed by atoms with Crippen LogP contribution in [0.5, 0.6) is 0 Å². The smallest absolute Gasteiger partial charge is 0.328 e. The molecule has 0 heterocycles. The van der Waals surface area contributed by atoms with E-state index in [1.165, 1.54) is 18.2 Å². The lowest BCUT2D eigenvalue weighted by atomic mass is 9.87. The van der Waals surface area contributed by atoms with Gasteiger partial charge in [-0.3, -0.25) is 4.39 Å². The number of nitrogens with one attached hydrogen (secondary N) is 2. The standard InChI is InChI=1S/C16H24FN2O4PS/c1-24(2,21)14-4-3-5-15(10-14)25(22,23)19-16(20)18-13-8-6-12(11-17)7-9-13/h3-5,10,12-13H,6-9,11H2,1-2H3,(H2,18,19,20). The summed E-state index contributed by atoms with van der Waals surface area (Å²) in [6, 6.07) is 4.81. The molecule has 1 fully saturated rings. The van der Waals surface area contributed by atoms with Gasteiger partial charge in [0.15, 0.2) is 0 Å². The lowest BCUT2D eigenvalue weighted by Gasteiger charge is -2.27. The summed E-state index contributed by atoms with van der Waals surface area (Å²) in [4.78, 5) is 11.9. The molecule has 140 valence electrons. The first-order valence-corrected chi connectivity index (χ1v) is 12.2. The van der Waals surface area contributed by atoms with Crippen molar-refractivity contribution in [1.29, 1.82) is 0 Å². The van der Waals surface area contributed by atoms with Gasteiger partial charge in [0, 0.05) is 11.3 Å². The topological polar surface area (TPSA) is 92.3 Å². The number of hydrogen-bond donors (Lipinski definition) is 2. The minimum Gasteiger partial charge on any atom is -0.335 e. The van der Waals surface area contributed by atoms with Crippen LogP contribution in [-0.2, 0) is 14.6 Å². The van der Waals surface area contributed by atoms with Gasteiger partial charge in [0.25, 0.3) is 10.0 Å². The summed E-state index contributed by atoms with van der Waals surface area (Å²) in [5.74, 6) is 0.0337. The lowest BCUT2D eigenvalue weighted by Crippen LogP contribution is -2.45. The Hall–Kier alpha value is -1.40. The molecule has 0 aliphatic heterocycles. The Morgan fingerprint density at radius 2 is 1.88 bits per heavy atom. The van der Waals surface area contributed by atoms with Gasteiger partial charge >= 0.3 is 6.03 Å². The van der Waals surface area contributed by atoms with Gasteiger partial charge in [0.05, 0.1) is 11.6 Å². The van der Waals surface area contributed by atoms with E-state index in [4.69, 9.17) is 0 Å². The van der Waals surface area contributed by atoms with Crippen LogP contribution in [0.2, 0.25) is 0 Å². The molecule has 1 aromatic carbocycles. The van der Waals surface area contributed by atoms with Gasteiger partial charge in [0.2, 0.25) is 0 Å². The van der Waals surface area contributed by atoms with Crippen LogP contribution in [0.3, 0.4) is 0 Å². The Bertz CT molecular complexity index is 770. The molecular formula is C16H24FN2O4PS. The van der Waals surface area contributed by atoms with Crippen molar-refractivity contribution in [2.45, 2.75) is 36.6 Å². The Labute approximate surface area is 148 Å². The number of carbonyl (C=O) groups is 1. The van der Waals surface area contributed by atoms with Crippen molar-refractivity contribution >= 4 is 28.5 Å². The molecule has 1 aliphatic carbocycles. The third-order valence-corrected chi connectivity index (χ3v) is 7.23. The van der Waals surface area contributed by atoms with Crippen LogP contribution in [0, 0.1) is 5.92 Å². The van der Waals surface area contributed by atoms with Crippen LogP contribution in [0.1, 0.15) is 25.7 Å². The number of hydrogen-bond acceptors (Lipinski definition) is 4. The van der Waals surface area contributed by atoms with Crippen LogP contribution < -0.4 is 15.3 Å². The molecule has 0 aromatic heterocycles. The highest BCUT2D eigenvalue weighted by Gasteiger charge is 2.25. The molecule has 2 amide bonds. The average Bonchev–Trinajstić information content (AvgIpc) is 2.54. The van der Waals surface area contributed by atoms with Crippen LogP contribution in [0.4, 0.5) is 9.18 Å². The van der Waals surface area contributed by atoms with Crippen molar-refractivity contribution in [2.24, 2.45) is 5.92 Å². The highest BCUT2D eigenvalue weighted by atomic mass is 32.2. The van der Waals surface area contributed by atoms with Crippen molar-refractivity contribution in [3.8, 4) is 0 Å². The molecule has 1 saturated carbocycles. The second-order valence-electron chi connectivity index (χ2n) is 6.80. The van der Waals surface area contributed by atoms with E-state index in [1.807, 2.05) is 4.72 Å². The van der Waals surface area contributed by atoms with Crippen LogP contribution in [0.25, 0.3) is 0 Å². The van der Waals surface area contributed by atoms with Gasteiger partial charge in [-0.15, -0.1) is 0 Å². The predicted octanol–water partition coefficient (Wildman–Crippen LogP) is 2.45. The minimum atomic E-state index is -4.05. The normalized spacial score (nSPS) is 21.6. The van der Waals surface area contributed by atoms with Gasteiger partial charge in [-0.2, -0.15) is 0 Å². The summed E-state index contributed by atoms with van der Waals surface area (Å²) in [7, 11) is -6.66. The fourth-order valence-corrected chi connectivity index (χ4v) is 4.79. The summed E-state index contributed by atoms with van der Waals surface area (Å²) in [6.07, 6.45) is 2.62. The maximum Gasteiger partial charge on any atom is 0.328 e. The van der Waals surface area contributed by atoms with Gasteiger partial charge < -0.3 is 9.88 Å². The molecule has 0 unspecified atom stereocenters. The lowest BCUT2D eigenvalue weighted by molar-refractivity contribution is 0.223. The van der Waals surface area contributed by atoms with Crippen molar-refractivity contribution in [3.05, 3.63) is 24.3 Å². The number of urea groups is 1. The number of alkyl halides is 1. The summed E-state index contributed by atoms with van der Waals surface area (Å²) in [5.41, 5.74) is 0. The number of halogens is 1. The zero-order chi connectivity index (χ0) is 18.7. The Kier molecular flexibility index (Phi) is 6.27. The second-order valence-corrected chi connectivity index (χ2v) is 11.7. The second kappa shape index (κ2) is 7.87. The van der Waals surface area contributed by atoms with Crippen molar-refractivity contribution in [1.82, 2.24) is 10.0 Å². The number of rotatable bonds is 5. The van der Waals surface area contributed by atoms with Crippen LogP contribution >= 0.6 is 7.14 Å². The largest absolute Gasteiger partial charge is 0.335 e. The van der Waals surface area contributed by atoms with E-state index in [9.17, 15) is 22.2 Å². The van der Waals surface area contributed by atoms with E-state index in [1.54, 1.807) is 19.4 Å². The third kappa shape index (κ3) is 5.54. The molecule has 9 heteroatoms. The minimum absolute atomic E-state index is 0.0337. The summed E-state index contributed by atoms with van der Waals surface area (Å²) in [6.45, 7) is 2.74. The quantitative estimate of drug-likeness (QED) is 0.756. The van der Waals surface area contributed by atoms with Gasteiger partial charge in [-0.1, -0.05) is 12.1 Å². The number of benzene rings is 1. The predicted molar refractivity (Wildman–Crippen MR) is 96.1 cm³/mol. The third-order valence-electron chi connectivity index (χ3n) is 4.38. The monoisotopic (exact) mass is 390 g/mol. The van der Waals surface area contributed by atoms with E-state index in [0.29, 0.717) is 31.0 Å². The zero-order valence-corrected chi connectivity index (χ0v) is 16.1. The summed E-state index contributed by atoms with van der Waals surface area (Å²) >= 11 is 0. The van der Waals surface area contributed by atoms with E-state index < -0.39 is 23.2 Å². The zero-order valence-electron chi connectivity index (χ0n) is 14.4. The average molecular weight is 390 g/mol. The first kappa shape index (κ1) is 19.9. The van der Waals surface area contributed by atoms with Crippen molar-refractivity contribution in [3.63, 3.8) is 0 Å². The molecule has 0 spiro atoms. The SMILES string of the molecule is CP(C)(=O)c1cccc(S(=O)(=O)NC(=O)NC2CCC(CF)CC2)c1. The van der Waals surface area contributed by atoms with E-state index in [0.717, 1.165) is 0 Å². The van der Waals surface area contributed by atoms with Crippen molar-refractivity contribution in [2.75, 3.05) is 20.0 Å². The fraction of sp³-hybridized carbons (Fsp3) is 0.562. The molecule has 6 nitrogen and oxygen atoms in total. The fourth-order valence-electron chi connectivity index (χ4n) is 2.84. The van der Waals surface area contributed by atoms with Crippen LogP contribution in [0.15, 0.2) is 29.2 Å². The molecule has 0 bridgehead atoms. The summed E-state index contributed by atoms with van der Waals surface area (Å²) < 4.78 is 51.4. The van der Waals surface area contributed by atoms with Crippen molar-refractivity contribution < 1.29 is 22.2 Å².